The Balaban J connectivity index is 1.81. The van der Waals surface area contributed by atoms with E-state index in [-0.39, 0.29) is 23.8 Å². The quantitative estimate of drug-likeness (QED) is 0.710. The maximum atomic E-state index is 12.1. The van der Waals surface area contributed by atoms with Crippen LogP contribution in [0.15, 0.2) is 53.0 Å². The van der Waals surface area contributed by atoms with Crippen molar-refractivity contribution in [1.29, 1.82) is 0 Å². The summed E-state index contributed by atoms with van der Waals surface area (Å²) < 4.78 is 0.674. The number of rotatable bonds is 5. The van der Waals surface area contributed by atoms with E-state index in [9.17, 15) is 9.59 Å². The van der Waals surface area contributed by atoms with Crippen LogP contribution in [-0.4, -0.2) is 30.3 Å². The lowest BCUT2D eigenvalue weighted by Gasteiger charge is -2.20. The molecule has 0 aromatic heterocycles. The molecule has 2 aromatic rings. The number of carbonyl (C=O) groups excluding carboxylic acids is 2. The molecular weight excluding hydrogens is 406 g/mol. The fourth-order valence-corrected chi connectivity index (χ4v) is 3.07. The number of halogens is 1. The van der Waals surface area contributed by atoms with Crippen LogP contribution in [0.5, 0.6) is 0 Å². The molecule has 0 aliphatic heterocycles. The molecule has 6 heteroatoms. The molecule has 2 aromatic carbocycles. The molecule has 0 fully saturated rings. The molecule has 27 heavy (non-hydrogen) atoms. The number of benzene rings is 2. The van der Waals surface area contributed by atoms with Gasteiger partial charge in [0.05, 0.1) is 12.1 Å². The highest BCUT2D eigenvalue weighted by Crippen LogP contribution is 2.22. The molecule has 144 valence electrons. The van der Waals surface area contributed by atoms with Gasteiger partial charge in [-0.2, -0.15) is 0 Å². The third-order valence-electron chi connectivity index (χ3n) is 4.12. The van der Waals surface area contributed by atoms with Crippen molar-refractivity contribution in [2.24, 2.45) is 0 Å². The average molecular weight is 432 g/mol. The minimum absolute atomic E-state index is 0.121. The summed E-state index contributed by atoms with van der Waals surface area (Å²) in [5.41, 5.74) is 7.89. The average Bonchev–Trinajstić information content (AvgIpc) is 2.59. The van der Waals surface area contributed by atoms with Gasteiger partial charge >= 0.3 is 0 Å². The van der Waals surface area contributed by atoms with Crippen LogP contribution < -0.4 is 10.9 Å². The molecular formula is C21H26BrN3O2. The molecule has 2 amide bonds. The van der Waals surface area contributed by atoms with E-state index in [1.165, 1.54) is 5.56 Å². The Labute approximate surface area is 169 Å². The van der Waals surface area contributed by atoms with Gasteiger partial charge in [-0.1, -0.05) is 57.2 Å². The Morgan fingerprint density at radius 3 is 2.22 bits per heavy atom. The third kappa shape index (κ3) is 6.48. The maximum Gasteiger partial charge on any atom is 0.270 e. The van der Waals surface area contributed by atoms with Crippen molar-refractivity contribution >= 4 is 27.7 Å². The Morgan fingerprint density at radius 2 is 1.63 bits per heavy atom. The number of hydrogen-bond donors (Lipinski definition) is 2. The van der Waals surface area contributed by atoms with Gasteiger partial charge in [-0.05, 0) is 51.7 Å². The summed E-state index contributed by atoms with van der Waals surface area (Å²) >= 11 is 3.32. The van der Waals surface area contributed by atoms with Crippen LogP contribution in [0, 0.1) is 0 Å². The second-order valence-electron chi connectivity index (χ2n) is 7.60. The zero-order chi connectivity index (χ0) is 20.0. The molecule has 0 saturated heterocycles. The lowest BCUT2D eigenvalue weighted by Crippen LogP contribution is -2.45. The molecule has 0 spiro atoms. The highest BCUT2D eigenvalue weighted by molar-refractivity contribution is 9.10. The van der Waals surface area contributed by atoms with Crippen LogP contribution in [-0.2, 0) is 16.8 Å². The van der Waals surface area contributed by atoms with Gasteiger partial charge in [0, 0.05) is 11.0 Å². The Bertz CT molecular complexity index is 798. The first kappa shape index (κ1) is 21.1. The third-order valence-corrected chi connectivity index (χ3v) is 4.81. The Hall–Kier alpha value is -2.18. The van der Waals surface area contributed by atoms with E-state index in [0.29, 0.717) is 16.6 Å². The van der Waals surface area contributed by atoms with E-state index < -0.39 is 0 Å². The first-order valence-electron chi connectivity index (χ1n) is 8.78. The van der Waals surface area contributed by atoms with Gasteiger partial charge < -0.3 is 0 Å². The lowest BCUT2D eigenvalue weighted by molar-refractivity contribution is -0.122. The predicted molar refractivity (Wildman–Crippen MR) is 111 cm³/mol. The highest BCUT2D eigenvalue weighted by atomic mass is 79.9. The number of hydrazine groups is 1. The number of nitrogens with zero attached hydrogens (tertiary/aromatic N) is 1. The summed E-state index contributed by atoms with van der Waals surface area (Å²) in [5, 5.41) is 0. The van der Waals surface area contributed by atoms with Crippen LogP contribution in [0.3, 0.4) is 0 Å². The normalized spacial score (nSPS) is 11.3. The molecule has 2 rings (SSSR count). The molecule has 0 aliphatic rings. The van der Waals surface area contributed by atoms with Crippen LogP contribution in [0.2, 0.25) is 0 Å². The van der Waals surface area contributed by atoms with Crippen LogP contribution in [0.25, 0.3) is 0 Å². The standard InChI is InChI=1S/C21H26BrN3O2/c1-21(2,3)16-11-9-15(10-12-16)13-25(4)14-19(26)23-24-20(27)17-7-5-6-8-18(17)22/h5-12H,13-14H2,1-4H3,(H,23,26)(H,24,27). The molecule has 5 nitrogen and oxygen atoms in total. The zero-order valence-electron chi connectivity index (χ0n) is 16.2. The van der Waals surface area contributed by atoms with E-state index >= 15 is 0 Å². The van der Waals surface area contributed by atoms with Gasteiger partial charge in [0.2, 0.25) is 0 Å². The number of likely N-dealkylation sites (N-methyl/N-ethyl adjacent to an activating group) is 1. The van der Waals surface area contributed by atoms with Crippen LogP contribution in [0.1, 0.15) is 42.3 Å². The molecule has 0 radical (unpaired) electrons. The second-order valence-corrected chi connectivity index (χ2v) is 8.46. The predicted octanol–water partition coefficient (Wildman–Crippen LogP) is 3.64. The van der Waals surface area contributed by atoms with Gasteiger partial charge in [-0.25, -0.2) is 0 Å². The van der Waals surface area contributed by atoms with Crippen LogP contribution >= 0.6 is 15.9 Å². The monoisotopic (exact) mass is 431 g/mol. The summed E-state index contributed by atoms with van der Waals surface area (Å²) in [6.07, 6.45) is 0. The molecule has 0 heterocycles. The van der Waals surface area contributed by atoms with Crippen molar-refractivity contribution in [2.75, 3.05) is 13.6 Å². The minimum atomic E-state index is -0.365. The van der Waals surface area contributed by atoms with Gasteiger partial charge in [0.25, 0.3) is 11.8 Å². The summed E-state index contributed by atoms with van der Waals surface area (Å²) in [7, 11) is 1.87. The minimum Gasteiger partial charge on any atom is -0.293 e. The van der Waals surface area contributed by atoms with Crippen LogP contribution in [0.4, 0.5) is 0 Å². The molecule has 0 saturated carbocycles. The lowest BCUT2D eigenvalue weighted by atomic mass is 9.87. The molecule has 0 bridgehead atoms. The molecule has 2 N–H and O–H groups in total. The van der Waals surface area contributed by atoms with Crippen molar-refractivity contribution < 1.29 is 9.59 Å². The van der Waals surface area contributed by atoms with E-state index in [0.717, 1.165) is 5.56 Å². The maximum absolute atomic E-state index is 12.1. The highest BCUT2D eigenvalue weighted by Gasteiger charge is 2.14. The fourth-order valence-electron chi connectivity index (χ4n) is 2.60. The summed E-state index contributed by atoms with van der Waals surface area (Å²) in [6, 6.07) is 15.5. The molecule has 0 aliphatic carbocycles. The summed E-state index contributed by atoms with van der Waals surface area (Å²) in [6.45, 7) is 7.37. The van der Waals surface area contributed by atoms with Crippen molar-refractivity contribution in [3.63, 3.8) is 0 Å². The van der Waals surface area contributed by atoms with E-state index in [1.807, 2.05) is 18.0 Å². The Kier molecular flexibility index (Phi) is 7.16. The fraction of sp³-hybridized carbons (Fsp3) is 0.333. The van der Waals surface area contributed by atoms with E-state index in [1.54, 1.807) is 18.2 Å². The molecule has 0 unspecified atom stereocenters. The van der Waals surface area contributed by atoms with Crippen molar-refractivity contribution in [3.05, 3.63) is 69.7 Å². The zero-order valence-corrected chi connectivity index (χ0v) is 17.8. The summed E-state index contributed by atoms with van der Waals surface area (Å²) in [4.78, 5) is 26.1. The first-order valence-corrected chi connectivity index (χ1v) is 9.58. The SMILES string of the molecule is CN(CC(=O)NNC(=O)c1ccccc1Br)Cc1ccc(C(C)(C)C)cc1. The number of carbonyl (C=O) groups is 2. The van der Waals surface area contributed by atoms with E-state index in [4.69, 9.17) is 0 Å². The number of nitrogens with one attached hydrogen (secondary N) is 2. The summed E-state index contributed by atoms with van der Waals surface area (Å²) in [5.74, 6) is -0.638. The van der Waals surface area contributed by atoms with Crippen molar-refractivity contribution in [3.8, 4) is 0 Å². The Morgan fingerprint density at radius 1 is 1.00 bits per heavy atom. The van der Waals surface area contributed by atoms with E-state index in [2.05, 4.69) is 71.8 Å². The largest absolute Gasteiger partial charge is 0.293 e. The number of amides is 2. The van der Waals surface area contributed by atoms with Crippen molar-refractivity contribution in [2.45, 2.75) is 32.7 Å². The first-order chi connectivity index (χ1) is 12.7. The van der Waals surface area contributed by atoms with Gasteiger partial charge in [-0.15, -0.1) is 0 Å². The van der Waals surface area contributed by atoms with Gasteiger partial charge in [0.15, 0.2) is 0 Å². The van der Waals surface area contributed by atoms with Crippen molar-refractivity contribution in [1.82, 2.24) is 15.8 Å². The smallest absolute Gasteiger partial charge is 0.270 e. The van der Waals surface area contributed by atoms with Gasteiger partial charge in [-0.3, -0.25) is 25.3 Å². The molecule has 0 atom stereocenters. The number of hydrogen-bond acceptors (Lipinski definition) is 3. The van der Waals surface area contributed by atoms with Gasteiger partial charge in [0.1, 0.15) is 0 Å². The second kappa shape index (κ2) is 9.15. The topological polar surface area (TPSA) is 61.4 Å².